The highest BCUT2D eigenvalue weighted by atomic mass is 32.1. The van der Waals surface area contributed by atoms with Crippen molar-refractivity contribution < 1.29 is 27.8 Å². The van der Waals surface area contributed by atoms with Crippen molar-refractivity contribution in [2.75, 3.05) is 7.11 Å². The van der Waals surface area contributed by atoms with Gasteiger partial charge >= 0.3 is 12.6 Å². The number of esters is 1. The Morgan fingerprint density at radius 1 is 1.11 bits per heavy atom. The van der Waals surface area contributed by atoms with Gasteiger partial charge in [-0.2, -0.15) is 23.7 Å². The highest BCUT2D eigenvalue weighted by Crippen LogP contribution is 2.23. The van der Waals surface area contributed by atoms with Crippen LogP contribution in [0.1, 0.15) is 21.5 Å². The fraction of sp³-hybridized carbons (Fsp3) is 0.120. The van der Waals surface area contributed by atoms with Crippen molar-refractivity contribution in [3.8, 4) is 22.9 Å². The molecule has 1 N–H and O–H groups in total. The van der Waals surface area contributed by atoms with E-state index >= 15 is 0 Å². The molecule has 184 valence electrons. The van der Waals surface area contributed by atoms with Crippen molar-refractivity contribution in [1.29, 1.82) is 0 Å². The zero-order valence-corrected chi connectivity index (χ0v) is 19.7. The number of hydrogen-bond donors (Lipinski definition) is 1. The summed E-state index contributed by atoms with van der Waals surface area (Å²) in [6.07, 6.45) is 1.58. The minimum absolute atomic E-state index is 0.0314. The first-order valence-corrected chi connectivity index (χ1v) is 11.0. The Morgan fingerprint density at radius 3 is 2.53 bits per heavy atom. The third-order valence-electron chi connectivity index (χ3n) is 4.99. The van der Waals surface area contributed by atoms with Crippen molar-refractivity contribution in [2.45, 2.75) is 13.2 Å². The first kappa shape index (κ1) is 24.7. The monoisotopic (exact) mass is 510 g/mol. The van der Waals surface area contributed by atoms with Crippen LogP contribution in [-0.2, 0) is 11.3 Å². The number of methoxy groups -OCH3 is 1. The SMILES string of the molecule is COC(=O)c1ccc(COc2ccccc2/C=N/n2c(-c3ccc(OC(F)F)cc3)n[nH]c2=S)cc1. The van der Waals surface area contributed by atoms with Crippen LogP contribution in [0.25, 0.3) is 11.4 Å². The maximum Gasteiger partial charge on any atom is 0.387 e. The van der Waals surface area contributed by atoms with Crippen LogP contribution in [-0.4, -0.2) is 40.8 Å². The van der Waals surface area contributed by atoms with E-state index in [-0.39, 0.29) is 17.1 Å². The predicted molar refractivity (Wildman–Crippen MR) is 131 cm³/mol. The maximum absolute atomic E-state index is 12.4. The minimum atomic E-state index is -2.91. The summed E-state index contributed by atoms with van der Waals surface area (Å²) in [6.45, 7) is -2.63. The van der Waals surface area contributed by atoms with Gasteiger partial charge in [0.1, 0.15) is 18.1 Å². The summed E-state index contributed by atoms with van der Waals surface area (Å²) in [5.74, 6) is 0.606. The molecule has 0 radical (unpaired) electrons. The molecule has 0 fully saturated rings. The van der Waals surface area contributed by atoms with Gasteiger partial charge in [0.25, 0.3) is 0 Å². The molecule has 36 heavy (non-hydrogen) atoms. The van der Waals surface area contributed by atoms with Crippen LogP contribution in [0.3, 0.4) is 0 Å². The molecule has 0 saturated heterocycles. The molecule has 0 aliphatic rings. The predicted octanol–water partition coefficient (Wildman–Crippen LogP) is 5.46. The Kier molecular flexibility index (Phi) is 7.81. The Labute approximate surface area is 209 Å². The van der Waals surface area contributed by atoms with Gasteiger partial charge in [-0.1, -0.05) is 24.3 Å². The number of ether oxygens (including phenoxy) is 3. The fourth-order valence-corrected chi connectivity index (χ4v) is 3.40. The van der Waals surface area contributed by atoms with E-state index in [1.54, 1.807) is 42.6 Å². The lowest BCUT2D eigenvalue weighted by atomic mass is 10.1. The summed E-state index contributed by atoms with van der Waals surface area (Å²) in [7, 11) is 1.33. The van der Waals surface area contributed by atoms with Crippen LogP contribution in [0, 0.1) is 4.77 Å². The van der Waals surface area contributed by atoms with Crippen LogP contribution in [0.15, 0.2) is 77.9 Å². The van der Waals surface area contributed by atoms with Crippen molar-refractivity contribution in [2.24, 2.45) is 5.10 Å². The second-order valence-electron chi connectivity index (χ2n) is 7.33. The number of alkyl halides is 2. The lowest BCUT2D eigenvalue weighted by Crippen LogP contribution is -2.03. The zero-order valence-electron chi connectivity index (χ0n) is 18.9. The van der Waals surface area contributed by atoms with Gasteiger partial charge in [-0.05, 0) is 66.3 Å². The summed E-state index contributed by atoms with van der Waals surface area (Å²) in [5.41, 5.74) is 2.62. The molecule has 0 amide bonds. The molecule has 4 rings (SSSR count). The fourth-order valence-electron chi connectivity index (χ4n) is 3.23. The van der Waals surface area contributed by atoms with E-state index in [0.717, 1.165) is 5.56 Å². The van der Waals surface area contributed by atoms with Gasteiger partial charge in [0.15, 0.2) is 5.82 Å². The first-order valence-electron chi connectivity index (χ1n) is 10.6. The topological polar surface area (TPSA) is 90.7 Å². The first-order chi connectivity index (χ1) is 17.4. The van der Waals surface area contributed by atoms with Crippen LogP contribution in [0.4, 0.5) is 8.78 Å². The Hall–Kier alpha value is -4.38. The Bertz CT molecular complexity index is 1420. The zero-order chi connectivity index (χ0) is 25.5. The number of carbonyl (C=O) groups is 1. The minimum Gasteiger partial charge on any atom is -0.488 e. The van der Waals surface area contributed by atoms with Crippen LogP contribution < -0.4 is 9.47 Å². The molecule has 1 heterocycles. The third kappa shape index (κ3) is 5.99. The number of rotatable bonds is 9. The molecule has 0 spiro atoms. The number of aromatic amines is 1. The molecule has 0 bridgehead atoms. The number of aromatic nitrogens is 3. The van der Waals surface area contributed by atoms with Gasteiger partial charge in [-0.25, -0.2) is 9.89 Å². The van der Waals surface area contributed by atoms with Crippen LogP contribution >= 0.6 is 12.2 Å². The Balaban J connectivity index is 1.51. The summed E-state index contributed by atoms with van der Waals surface area (Å²) in [6, 6.07) is 20.2. The molecule has 4 aromatic rings. The van der Waals surface area contributed by atoms with E-state index in [0.29, 0.717) is 28.3 Å². The van der Waals surface area contributed by atoms with Crippen molar-refractivity contribution in [3.05, 3.63) is 94.3 Å². The quantitative estimate of drug-likeness (QED) is 0.183. The van der Waals surface area contributed by atoms with Gasteiger partial charge in [-0.3, -0.25) is 0 Å². The third-order valence-corrected chi connectivity index (χ3v) is 5.25. The van der Waals surface area contributed by atoms with E-state index in [4.69, 9.17) is 21.7 Å². The number of benzene rings is 3. The molecule has 0 atom stereocenters. The molecule has 1 aromatic heterocycles. The molecular weight excluding hydrogens is 490 g/mol. The number of para-hydroxylation sites is 1. The molecule has 0 saturated carbocycles. The van der Waals surface area contributed by atoms with E-state index < -0.39 is 12.6 Å². The highest BCUT2D eigenvalue weighted by molar-refractivity contribution is 7.71. The number of halogens is 2. The van der Waals surface area contributed by atoms with Gasteiger partial charge in [0.05, 0.1) is 18.9 Å². The summed E-state index contributed by atoms with van der Waals surface area (Å²) < 4.78 is 41.5. The van der Waals surface area contributed by atoms with E-state index in [1.807, 2.05) is 24.3 Å². The largest absolute Gasteiger partial charge is 0.488 e. The van der Waals surface area contributed by atoms with Gasteiger partial charge in [0, 0.05) is 11.1 Å². The van der Waals surface area contributed by atoms with Crippen molar-refractivity contribution in [1.82, 2.24) is 14.9 Å². The van der Waals surface area contributed by atoms with E-state index in [2.05, 4.69) is 20.0 Å². The molecule has 8 nitrogen and oxygen atoms in total. The van der Waals surface area contributed by atoms with E-state index in [1.165, 1.54) is 23.9 Å². The second-order valence-corrected chi connectivity index (χ2v) is 7.71. The maximum atomic E-state index is 12.4. The van der Waals surface area contributed by atoms with Gasteiger partial charge in [0.2, 0.25) is 4.77 Å². The van der Waals surface area contributed by atoms with Crippen LogP contribution in [0.5, 0.6) is 11.5 Å². The summed E-state index contributed by atoms with van der Waals surface area (Å²) >= 11 is 5.30. The van der Waals surface area contributed by atoms with E-state index in [9.17, 15) is 13.6 Å². The highest BCUT2D eigenvalue weighted by Gasteiger charge is 2.11. The number of hydrogen-bond acceptors (Lipinski definition) is 7. The standard InChI is InChI=1S/C25H20F2N4O4S/c1-33-23(32)18-8-6-16(7-9-18)15-34-21-5-3-2-4-19(21)14-28-31-22(29-30-25(31)36)17-10-12-20(13-11-17)35-24(26)27/h2-14,24H,15H2,1H3,(H,30,36)/b28-14+. The van der Waals surface area contributed by atoms with Gasteiger partial charge < -0.3 is 14.2 Å². The second kappa shape index (κ2) is 11.4. The molecule has 3 aromatic carbocycles. The van der Waals surface area contributed by atoms with Crippen LogP contribution in [0.2, 0.25) is 0 Å². The number of nitrogens with one attached hydrogen (secondary N) is 1. The number of H-pyrrole nitrogens is 1. The average Bonchev–Trinajstić information content (AvgIpc) is 3.26. The van der Waals surface area contributed by atoms with Crippen molar-refractivity contribution in [3.63, 3.8) is 0 Å². The molecule has 11 heteroatoms. The molecule has 0 aliphatic heterocycles. The molecular formula is C25H20F2N4O4S. The molecule has 0 unspecified atom stereocenters. The molecule has 0 aliphatic carbocycles. The number of nitrogens with zero attached hydrogens (tertiary/aromatic N) is 3. The smallest absolute Gasteiger partial charge is 0.387 e. The normalized spacial score (nSPS) is 11.1. The summed E-state index contributed by atoms with van der Waals surface area (Å²) in [5, 5.41) is 11.3. The number of carbonyl (C=O) groups excluding carboxylic acids is 1. The summed E-state index contributed by atoms with van der Waals surface area (Å²) in [4.78, 5) is 11.6. The van der Waals surface area contributed by atoms with Crippen molar-refractivity contribution >= 4 is 24.4 Å². The average molecular weight is 511 g/mol. The lowest BCUT2D eigenvalue weighted by Gasteiger charge is -2.09. The lowest BCUT2D eigenvalue weighted by molar-refractivity contribution is -0.0498. The van der Waals surface area contributed by atoms with Gasteiger partial charge in [-0.15, -0.1) is 0 Å². The Morgan fingerprint density at radius 2 is 1.83 bits per heavy atom.